The molecule has 0 aliphatic carbocycles. The molecule has 0 bridgehead atoms. The number of rotatable bonds is 4. The molecular formula is C12H8ClF6NO2. The van der Waals surface area contributed by atoms with Crippen molar-refractivity contribution < 1.29 is 35.9 Å². The normalized spacial score (nSPS) is 12.1. The second-order valence-electron chi connectivity index (χ2n) is 4.19. The predicted molar refractivity (Wildman–Crippen MR) is 65.4 cm³/mol. The minimum Gasteiger partial charge on any atom is -0.326 e. The maximum atomic E-state index is 12.6. The Morgan fingerprint density at radius 1 is 0.955 bits per heavy atom. The van der Waals surface area contributed by atoms with E-state index in [2.05, 4.69) is 0 Å². The zero-order valence-electron chi connectivity index (χ0n) is 10.6. The van der Waals surface area contributed by atoms with Crippen molar-refractivity contribution in [2.24, 2.45) is 0 Å². The number of hydrogen-bond donors (Lipinski definition) is 1. The highest BCUT2D eigenvalue weighted by atomic mass is 35.5. The van der Waals surface area contributed by atoms with Crippen molar-refractivity contribution in [3.05, 3.63) is 29.3 Å². The molecule has 0 heterocycles. The molecule has 0 saturated carbocycles. The van der Waals surface area contributed by atoms with Gasteiger partial charge in [0.2, 0.25) is 5.91 Å². The molecule has 1 aromatic carbocycles. The molecule has 0 aromatic heterocycles. The molecule has 0 atom stereocenters. The monoisotopic (exact) mass is 347 g/mol. The first kappa shape index (κ1) is 18.3. The summed E-state index contributed by atoms with van der Waals surface area (Å²) in [5.41, 5.74) is -3.85. The van der Waals surface area contributed by atoms with Crippen LogP contribution in [0.1, 0.15) is 17.5 Å². The van der Waals surface area contributed by atoms with Gasteiger partial charge in [-0.3, -0.25) is 9.59 Å². The summed E-state index contributed by atoms with van der Waals surface area (Å²) in [4.78, 5) is 22.3. The predicted octanol–water partition coefficient (Wildman–Crippen LogP) is 3.86. The maximum absolute atomic E-state index is 12.6. The molecule has 3 nitrogen and oxygen atoms in total. The largest absolute Gasteiger partial charge is 0.416 e. The van der Waals surface area contributed by atoms with Crippen LogP contribution in [-0.2, 0) is 21.9 Å². The number of nitrogens with one attached hydrogen (secondary N) is 1. The zero-order valence-corrected chi connectivity index (χ0v) is 11.4. The van der Waals surface area contributed by atoms with Crippen LogP contribution >= 0.6 is 11.6 Å². The lowest BCUT2D eigenvalue weighted by atomic mass is 10.1. The van der Waals surface area contributed by atoms with Gasteiger partial charge < -0.3 is 5.32 Å². The minimum absolute atomic E-state index is 0.0699. The highest BCUT2D eigenvalue weighted by molar-refractivity contribution is 6.29. The number of anilines is 1. The molecule has 0 aliphatic heterocycles. The molecule has 0 aliphatic rings. The van der Waals surface area contributed by atoms with Crippen LogP contribution in [0, 0.1) is 0 Å². The van der Waals surface area contributed by atoms with Crippen LogP contribution in [-0.4, -0.2) is 17.6 Å². The van der Waals surface area contributed by atoms with E-state index in [0.29, 0.717) is 12.1 Å². The van der Waals surface area contributed by atoms with E-state index in [4.69, 9.17) is 11.6 Å². The Kier molecular flexibility index (Phi) is 5.44. The van der Waals surface area contributed by atoms with Gasteiger partial charge in [-0.2, -0.15) is 26.3 Å². The zero-order chi connectivity index (χ0) is 17.1. The van der Waals surface area contributed by atoms with Gasteiger partial charge in [0.1, 0.15) is 0 Å². The first-order valence-electron chi connectivity index (χ1n) is 5.60. The quantitative estimate of drug-likeness (QED) is 0.511. The second-order valence-corrected chi connectivity index (χ2v) is 4.46. The molecule has 1 aromatic rings. The number of carbonyl (C=O) groups is 2. The molecule has 1 rings (SSSR count). The summed E-state index contributed by atoms with van der Waals surface area (Å²) >= 11 is 5.14. The molecule has 1 N–H and O–H groups in total. The molecule has 122 valence electrons. The van der Waals surface area contributed by atoms with Crippen molar-refractivity contribution in [2.75, 3.05) is 11.2 Å². The molecule has 10 heteroatoms. The van der Waals surface area contributed by atoms with Gasteiger partial charge in [-0.15, -0.1) is 11.6 Å². The van der Waals surface area contributed by atoms with Gasteiger partial charge in [0, 0.05) is 5.69 Å². The third kappa shape index (κ3) is 5.21. The van der Waals surface area contributed by atoms with Crippen molar-refractivity contribution in [1.82, 2.24) is 0 Å². The fraction of sp³-hybridized carbons (Fsp3) is 0.333. The number of benzene rings is 1. The van der Waals surface area contributed by atoms with Gasteiger partial charge >= 0.3 is 12.4 Å². The summed E-state index contributed by atoms with van der Waals surface area (Å²) < 4.78 is 75.5. The lowest BCUT2D eigenvalue weighted by molar-refractivity contribution is -0.143. The van der Waals surface area contributed by atoms with Crippen molar-refractivity contribution in [2.45, 2.75) is 18.8 Å². The lowest BCUT2D eigenvalue weighted by Gasteiger charge is -2.14. The van der Waals surface area contributed by atoms with Gasteiger partial charge in [-0.25, -0.2) is 0 Å². The number of Topliss-reactive ketones (excluding diaryl/α,β-unsaturated/α-hetero) is 1. The van der Waals surface area contributed by atoms with E-state index < -0.39 is 53.2 Å². The summed E-state index contributed by atoms with van der Waals surface area (Å²) in [5, 5.41) is 1.81. The molecule has 0 fully saturated rings. The summed E-state index contributed by atoms with van der Waals surface area (Å²) in [7, 11) is 0. The summed E-state index contributed by atoms with van der Waals surface area (Å²) in [6, 6.07) is 0.621. The average Bonchev–Trinajstić information content (AvgIpc) is 2.35. The number of hydrogen-bond acceptors (Lipinski definition) is 2. The Hall–Kier alpha value is -1.77. The highest BCUT2D eigenvalue weighted by Gasteiger charge is 2.37. The Morgan fingerprint density at radius 3 is 1.77 bits per heavy atom. The third-order valence-electron chi connectivity index (χ3n) is 2.38. The first-order chi connectivity index (χ1) is 9.93. The summed E-state index contributed by atoms with van der Waals surface area (Å²) in [6.07, 6.45) is -10.8. The molecular weight excluding hydrogens is 340 g/mol. The van der Waals surface area contributed by atoms with Crippen molar-refractivity contribution >= 4 is 29.0 Å². The molecule has 1 amide bonds. The number of alkyl halides is 7. The molecule has 0 radical (unpaired) electrons. The summed E-state index contributed by atoms with van der Waals surface area (Å²) in [5.74, 6) is -2.27. The molecule has 0 saturated heterocycles. The van der Waals surface area contributed by atoms with Crippen LogP contribution in [0.25, 0.3) is 0 Å². The Bertz CT molecular complexity index is 550. The van der Waals surface area contributed by atoms with Gasteiger partial charge in [-0.1, -0.05) is 0 Å². The van der Waals surface area contributed by atoms with Crippen molar-refractivity contribution in [1.29, 1.82) is 0 Å². The number of ketones is 1. The molecule has 0 unspecified atom stereocenters. The van der Waals surface area contributed by atoms with Crippen LogP contribution in [0.2, 0.25) is 0 Å². The van der Waals surface area contributed by atoms with Crippen LogP contribution in [0.5, 0.6) is 0 Å². The fourth-order valence-corrected chi connectivity index (χ4v) is 1.55. The van der Waals surface area contributed by atoms with Crippen LogP contribution in [0.15, 0.2) is 18.2 Å². The minimum atomic E-state index is -5.02. The fourth-order valence-electron chi connectivity index (χ4n) is 1.46. The topological polar surface area (TPSA) is 46.2 Å². The Labute approximate surface area is 125 Å². The standard InChI is InChI=1S/C12H8ClF6NO2/c13-5-9(21)4-10(22)20-8-2-6(11(14,15)16)1-7(3-8)12(17,18)19/h1-3H,4-5H2,(H,20,22). The number of amides is 1. The molecule has 22 heavy (non-hydrogen) atoms. The molecule has 0 spiro atoms. The van der Waals surface area contributed by atoms with E-state index in [1.807, 2.05) is 5.32 Å². The SMILES string of the molecule is O=C(CCl)CC(=O)Nc1cc(C(F)(F)F)cc(C(F)(F)F)c1. The summed E-state index contributed by atoms with van der Waals surface area (Å²) in [6.45, 7) is 0. The van der Waals surface area contributed by atoms with E-state index in [1.165, 1.54) is 0 Å². The van der Waals surface area contributed by atoms with Gasteiger partial charge in [0.05, 0.1) is 23.4 Å². The van der Waals surface area contributed by atoms with E-state index in [0.717, 1.165) is 0 Å². The lowest BCUT2D eigenvalue weighted by Crippen LogP contribution is -2.18. The van der Waals surface area contributed by atoms with Crippen LogP contribution in [0.4, 0.5) is 32.0 Å². The second kappa shape index (κ2) is 6.55. The number of carbonyl (C=O) groups excluding carboxylic acids is 2. The van der Waals surface area contributed by atoms with Crippen molar-refractivity contribution in [3.8, 4) is 0 Å². The number of halogens is 7. The van der Waals surface area contributed by atoms with E-state index in [1.54, 1.807) is 0 Å². The van der Waals surface area contributed by atoms with Crippen LogP contribution in [0.3, 0.4) is 0 Å². The Balaban J connectivity index is 3.14. The van der Waals surface area contributed by atoms with Crippen molar-refractivity contribution in [3.63, 3.8) is 0 Å². The average molecular weight is 348 g/mol. The van der Waals surface area contributed by atoms with E-state index in [-0.39, 0.29) is 6.07 Å². The van der Waals surface area contributed by atoms with E-state index in [9.17, 15) is 35.9 Å². The van der Waals surface area contributed by atoms with Gasteiger partial charge in [0.25, 0.3) is 0 Å². The smallest absolute Gasteiger partial charge is 0.326 e. The van der Waals surface area contributed by atoms with Crippen LogP contribution < -0.4 is 5.32 Å². The third-order valence-corrected chi connectivity index (χ3v) is 2.68. The first-order valence-corrected chi connectivity index (χ1v) is 6.14. The maximum Gasteiger partial charge on any atom is 0.416 e. The van der Waals surface area contributed by atoms with E-state index >= 15 is 0 Å². The Morgan fingerprint density at radius 2 is 1.41 bits per heavy atom. The highest BCUT2D eigenvalue weighted by Crippen LogP contribution is 2.37. The van der Waals surface area contributed by atoms with Gasteiger partial charge in [-0.05, 0) is 18.2 Å². The van der Waals surface area contributed by atoms with Gasteiger partial charge in [0.15, 0.2) is 5.78 Å².